The second-order valence-electron chi connectivity index (χ2n) is 12.0. The summed E-state index contributed by atoms with van der Waals surface area (Å²) in [7, 11) is 0. The van der Waals surface area contributed by atoms with E-state index in [-0.39, 0.29) is 18.7 Å². The number of fused-ring (bicyclic) bond motifs is 3. The fourth-order valence-electron chi connectivity index (χ4n) is 7.32. The first-order chi connectivity index (χ1) is 20.3. The molecular formula is C30H33N7O5. The van der Waals surface area contributed by atoms with Crippen molar-refractivity contribution in [2.24, 2.45) is 11.7 Å². The number of nitrogens with one attached hydrogen (secondary N) is 1. The number of carbonyl (C=O) groups excluding carboxylic acids is 5. The predicted molar refractivity (Wildman–Crippen MR) is 152 cm³/mol. The Morgan fingerprint density at radius 2 is 1.69 bits per heavy atom. The summed E-state index contributed by atoms with van der Waals surface area (Å²) >= 11 is 0. The zero-order chi connectivity index (χ0) is 29.1. The molecule has 1 aromatic heterocycles. The van der Waals surface area contributed by atoms with Gasteiger partial charge in [0, 0.05) is 63.1 Å². The van der Waals surface area contributed by atoms with Crippen LogP contribution < -0.4 is 20.9 Å². The summed E-state index contributed by atoms with van der Waals surface area (Å²) in [6.45, 7) is 4.83. The van der Waals surface area contributed by atoms with Crippen molar-refractivity contribution in [1.82, 2.24) is 20.1 Å². The number of anilines is 2. The van der Waals surface area contributed by atoms with Gasteiger partial charge < -0.3 is 15.5 Å². The summed E-state index contributed by atoms with van der Waals surface area (Å²) in [6.07, 6.45) is 5.06. The van der Waals surface area contributed by atoms with E-state index in [4.69, 9.17) is 5.73 Å². The molecule has 5 saturated heterocycles. The highest BCUT2D eigenvalue weighted by atomic mass is 16.2. The van der Waals surface area contributed by atoms with E-state index >= 15 is 0 Å². The van der Waals surface area contributed by atoms with Crippen molar-refractivity contribution in [1.29, 1.82) is 0 Å². The molecule has 3 unspecified atom stereocenters. The fourth-order valence-corrected chi connectivity index (χ4v) is 7.32. The Bertz CT molecular complexity index is 1470. The SMILES string of the molecule is NC(=O)c1ccc(N2CCC(CN3CC4CC(C3)N4c3ccc4c(c3)C(=O)N(C3CCC(=O)NC3=O)C4=O)CC2)nc1. The molecule has 3 N–H and O–H groups in total. The molecule has 12 nitrogen and oxygen atoms in total. The second kappa shape index (κ2) is 10.2. The van der Waals surface area contributed by atoms with E-state index in [0.717, 1.165) is 68.4 Å². The van der Waals surface area contributed by atoms with E-state index in [9.17, 15) is 24.0 Å². The van der Waals surface area contributed by atoms with Crippen LogP contribution >= 0.6 is 0 Å². The molecule has 2 aromatic rings. The van der Waals surface area contributed by atoms with Crippen molar-refractivity contribution in [2.45, 2.75) is 50.2 Å². The summed E-state index contributed by atoms with van der Waals surface area (Å²) in [6, 6.07) is 8.76. The number of piperazine rings is 1. The molecule has 8 rings (SSSR count). The van der Waals surface area contributed by atoms with E-state index in [2.05, 4.69) is 25.0 Å². The lowest BCUT2D eigenvalue weighted by atomic mass is 9.85. The normalized spacial score (nSPS) is 26.3. The molecule has 0 saturated carbocycles. The number of piperidine rings is 3. The molecule has 6 aliphatic heterocycles. The van der Waals surface area contributed by atoms with Crippen molar-refractivity contribution in [3.8, 4) is 0 Å². The third kappa shape index (κ3) is 4.50. The first-order valence-electron chi connectivity index (χ1n) is 14.6. The minimum Gasteiger partial charge on any atom is -0.366 e. The topological polar surface area (TPSA) is 149 Å². The summed E-state index contributed by atoms with van der Waals surface area (Å²) in [5.74, 6) is -0.909. The van der Waals surface area contributed by atoms with Gasteiger partial charge >= 0.3 is 0 Å². The van der Waals surface area contributed by atoms with Gasteiger partial charge in [0.2, 0.25) is 17.7 Å². The smallest absolute Gasteiger partial charge is 0.262 e. The molecule has 2 bridgehead atoms. The van der Waals surface area contributed by atoms with E-state index < -0.39 is 29.7 Å². The lowest BCUT2D eigenvalue weighted by molar-refractivity contribution is -0.136. The number of pyridine rings is 1. The monoisotopic (exact) mass is 571 g/mol. The van der Waals surface area contributed by atoms with Gasteiger partial charge in [0.25, 0.3) is 11.8 Å². The third-order valence-corrected chi connectivity index (χ3v) is 9.48. The van der Waals surface area contributed by atoms with Gasteiger partial charge in [0.05, 0.1) is 16.7 Å². The molecule has 0 aliphatic carbocycles. The van der Waals surface area contributed by atoms with Crippen LogP contribution in [0.5, 0.6) is 0 Å². The summed E-state index contributed by atoms with van der Waals surface area (Å²) in [5.41, 5.74) is 7.32. The molecule has 42 heavy (non-hydrogen) atoms. The molecule has 5 fully saturated rings. The van der Waals surface area contributed by atoms with Gasteiger partial charge in [0.1, 0.15) is 11.9 Å². The van der Waals surface area contributed by atoms with Gasteiger partial charge in [-0.1, -0.05) is 0 Å². The molecule has 0 radical (unpaired) electrons. The highest BCUT2D eigenvalue weighted by Crippen LogP contribution is 2.40. The summed E-state index contributed by atoms with van der Waals surface area (Å²) < 4.78 is 0. The minimum absolute atomic E-state index is 0.102. The van der Waals surface area contributed by atoms with Crippen LogP contribution in [0.25, 0.3) is 0 Å². The largest absolute Gasteiger partial charge is 0.366 e. The number of imide groups is 2. The van der Waals surface area contributed by atoms with Crippen molar-refractivity contribution in [2.75, 3.05) is 42.5 Å². The number of hydrogen-bond acceptors (Lipinski definition) is 9. The van der Waals surface area contributed by atoms with Crippen LogP contribution in [0.1, 0.15) is 63.2 Å². The minimum atomic E-state index is -0.957. The van der Waals surface area contributed by atoms with Gasteiger partial charge in [-0.15, -0.1) is 0 Å². The van der Waals surface area contributed by atoms with E-state index in [1.54, 1.807) is 24.4 Å². The van der Waals surface area contributed by atoms with Crippen molar-refractivity contribution in [3.05, 3.63) is 53.2 Å². The highest BCUT2D eigenvalue weighted by molar-refractivity contribution is 6.23. The van der Waals surface area contributed by atoms with Crippen molar-refractivity contribution < 1.29 is 24.0 Å². The molecule has 1 aromatic carbocycles. The van der Waals surface area contributed by atoms with E-state index in [0.29, 0.717) is 34.7 Å². The Labute approximate surface area is 242 Å². The van der Waals surface area contributed by atoms with Gasteiger partial charge in [-0.2, -0.15) is 0 Å². The van der Waals surface area contributed by atoms with Crippen LogP contribution in [-0.4, -0.2) is 95.2 Å². The number of nitrogens with two attached hydrogens (primary N) is 1. The average molecular weight is 572 g/mol. The number of nitrogens with zero attached hydrogens (tertiary/aromatic N) is 5. The summed E-state index contributed by atoms with van der Waals surface area (Å²) in [5, 5.41) is 2.24. The van der Waals surface area contributed by atoms with Gasteiger partial charge in [0.15, 0.2) is 0 Å². The second-order valence-corrected chi connectivity index (χ2v) is 12.0. The molecule has 12 heteroatoms. The molecule has 0 spiro atoms. The molecule has 218 valence electrons. The van der Waals surface area contributed by atoms with Gasteiger partial charge in [-0.25, -0.2) is 4.98 Å². The molecule has 6 aliphatic rings. The number of amides is 5. The number of benzene rings is 1. The first kappa shape index (κ1) is 26.6. The Balaban J connectivity index is 0.951. The standard InChI is InChI=1S/C30H33N7O5/c31-27(39)18-1-5-25(32-13-18)35-9-7-17(8-10-35)14-34-15-20-11-21(16-34)36(20)19-2-3-22-23(12-19)30(42)37(29(22)41)24-4-6-26(38)33-28(24)40/h1-3,5,12-13,17,20-21,24H,4,6-11,14-16H2,(H2,31,39)(H,33,38,40). The number of carbonyl (C=O) groups is 5. The van der Waals surface area contributed by atoms with Crippen molar-refractivity contribution >= 4 is 41.0 Å². The first-order valence-corrected chi connectivity index (χ1v) is 14.6. The fraction of sp³-hybridized carbons (Fsp3) is 0.467. The van der Waals surface area contributed by atoms with Crippen LogP contribution in [0.2, 0.25) is 0 Å². The Kier molecular flexibility index (Phi) is 6.45. The zero-order valence-corrected chi connectivity index (χ0v) is 23.2. The number of primary amides is 1. The molecular weight excluding hydrogens is 538 g/mol. The Hall–Kier alpha value is -4.32. The number of rotatable bonds is 6. The quantitative estimate of drug-likeness (QED) is 0.479. The van der Waals surface area contributed by atoms with Crippen LogP contribution in [0.3, 0.4) is 0 Å². The van der Waals surface area contributed by atoms with Crippen LogP contribution in [0, 0.1) is 5.92 Å². The van der Waals surface area contributed by atoms with Gasteiger partial charge in [-0.05, 0) is 61.9 Å². The Morgan fingerprint density at radius 1 is 0.952 bits per heavy atom. The summed E-state index contributed by atoms with van der Waals surface area (Å²) in [4.78, 5) is 74.2. The molecule has 7 heterocycles. The molecule has 3 atom stereocenters. The van der Waals surface area contributed by atoms with E-state index in [1.807, 2.05) is 12.1 Å². The van der Waals surface area contributed by atoms with Crippen LogP contribution in [0.15, 0.2) is 36.5 Å². The van der Waals surface area contributed by atoms with Gasteiger partial charge in [-0.3, -0.25) is 39.1 Å². The maximum atomic E-state index is 13.3. The maximum Gasteiger partial charge on any atom is 0.262 e. The maximum absolute atomic E-state index is 13.3. The number of aromatic nitrogens is 1. The predicted octanol–water partition coefficient (Wildman–Crippen LogP) is 0.761. The third-order valence-electron chi connectivity index (χ3n) is 9.48. The van der Waals surface area contributed by atoms with Crippen molar-refractivity contribution in [3.63, 3.8) is 0 Å². The Morgan fingerprint density at radius 3 is 2.36 bits per heavy atom. The van der Waals surface area contributed by atoms with Crippen LogP contribution in [-0.2, 0) is 9.59 Å². The lowest BCUT2D eigenvalue weighted by Gasteiger charge is -2.58. The average Bonchev–Trinajstić information content (AvgIpc) is 3.22. The lowest BCUT2D eigenvalue weighted by Crippen LogP contribution is -2.69. The van der Waals surface area contributed by atoms with Crippen LogP contribution in [0.4, 0.5) is 11.5 Å². The van der Waals surface area contributed by atoms with E-state index in [1.165, 1.54) is 0 Å². The molecule has 5 amide bonds. The number of hydrogen-bond donors (Lipinski definition) is 2. The highest BCUT2D eigenvalue weighted by Gasteiger charge is 2.48. The zero-order valence-electron chi connectivity index (χ0n) is 23.2.